The van der Waals surface area contributed by atoms with E-state index >= 15 is 0 Å². The number of hydrogen-bond acceptors (Lipinski definition) is 4. The molecule has 2 heterocycles. The molecule has 0 amide bonds. The third kappa shape index (κ3) is 3.02. The van der Waals surface area contributed by atoms with Crippen LogP contribution in [0.4, 0.5) is 0 Å². The topological polar surface area (TPSA) is 55.0 Å². The number of nitrogens with one attached hydrogen (secondary N) is 1. The lowest BCUT2D eigenvalue weighted by Crippen LogP contribution is -2.12. The minimum atomic E-state index is -0.100. The highest BCUT2D eigenvalue weighted by Gasteiger charge is 2.14. The molecule has 0 spiro atoms. The van der Waals surface area contributed by atoms with Crippen LogP contribution >= 0.6 is 11.3 Å². The van der Waals surface area contributed by atoms with Crippen LogP contribution in [-0.4, -0.2) is 17.1 Å². The fraction of sp³-hybridized carbons (Fsp3) is 0.143. The molecule has 0 aliphatic carbocycles. The first-order valence-corrected chi connectivity index (χ1v) is 9.23. The van der Waals surface area contributed by atoms with Crippen LogP contribution in [0.2, 0.25) is 0 Å². The molecular weight excluding hydrogens is 344 g/mol. The lowest BCUT2D eigenvalue weighted by molar-refractivity contribution is 0.410. The Hall–Kier alpha value is -2.92. The minimum Gasteiger partial charge on any atom is -0.496 e. The monoisotopic (exact) mass is 362 g/mol. The Kier molecular flexibility index (Phi) is 4.31. The van der Waals surface area contributed by atoms with E-state index in [1.807, 2.05) is 48.7 Å². The molecule has 5 heteroatoms. The van der Waals surface area contributed by atoms with Gasteiger partial charge in [-0.25, -0.2) is 4.98 Å². The van der Waals surface area contributed by atoms with E-state index in [2.05, 4.69) is 22.1 Å². The summed E-state index contributed by atoms with van der Waals surface area (Å²) in [6.07, 6.45) is 0.521. The van der Waals surface area contributed by atoms with Crippen molar-refractivity contribution in [3.8, 4) is 16.9 Å². The number of thiophene rings is 1. The first-order chi connectivity index (χ1) is 12.7. The number of H-pyrrole nitrogens is 1. The van der Waals surface area contributed by atoms with E-state index in [-0.39, 0.29) is 5.56 Å². The molecule has 4 rings (SSSR count). The van der Waals surface area contributed by atoms with Crippen LogP contribution in [0.15, 0.2) is 58.7 Å². The summed E-state index contributed by atoms with van der Waals surface area (Å²) < 4.78 is 5.39. The van der Waals surface area contributed by atoms with Crippen LogP contribution in [0.1, 0.15) is 17.0 Å². The number of nitrogens with zero attached hydrogens (tertiary/aromatic N) is 1. The summed E-state index contributed by atoms with van der Waals surface area (Å²) in [5.41, 5.74) is 4.05. The number of aromatic nitrogens is 2. The molecule has 0 fully saturated rings. The van der Waals surface area contributed by atoms with Crippen molar-refractivity contribution in [1.29, 1.82) is 0 Å². The van der Waals surface area contributed by atoms with E-state index in [1.54, 1.807) is 7.11 Å². The SMILES string of the molecule is COc1ccccc1Cc1nc2scc(-c3ccc(C)cc3)c2c(=O)[nH]1. The number of ether oxygens (including phenoxy) is 1. The Balaban J connectivity index is 1.77. The van der Waals surface area contributed by atoms with E-state index in [9.17, 15) is 4.79 Å². The molecule has 0 atom stereocenters. The van der Waals surface area contributed by atoms with E-state index in [1.165, 1.54) is 16.9 Å². The Morgan fingerprint density at radius 1 is 1.12 bits per heavy atom. The number of hydrogen-bond donors (Lipinski definition) is 1. The molecule has 0 radical (unpaired) electrons. The molecule has 130 valence electrons. The molecule has 4 aromatic rings. The van der Waals surface area contributed by atoms with Gasteiger partial charge < -0.3 is 9.72 Å². The van der Waals surface area contributed by atoms with Crippen LogP contribution in [0.3, 0.4) is 0 Å². The first kappa shape index (κ1) is 16.5. The Labute approximate surface area is 155 Å². The normalized spacial score (nSPS) is 11.0. The van der Waals surface area contributed by atoms with Gasteiger partial charge in [-0.15, -0.1) is 11.3 Å². The van der Waals surface area contributed by atoms with Crippen molar-refractivity contribution in [3.05, 3.63) is 81.2 Å². The second-order valence-electron chi connectivity index (χ2n) is 6.20. The van der Waals surface area contributed by atoms with Crippen molar-refractivity contribution in [2.45, 2.75) is 13.3 Å². The highest BCUT2D eigenvalue weighted by Crippen LogP contribution is 2.31. The number of aryl methyl sites for hydroxylation is 1. The maximum atomic E-state index is 12.7. The van der Waals surface area contributed by atoms with Gasteiger partial charge in [-0.2, -0.15) is 0 Å². The molecule has 2 aromatic heterocycles. The quantitative estimate of drug-likeness (QED) is 0.579. The van der Waals surface area contributed by atoms with Gasteiger partial charge in [-0.3, -0.25) is 4.79 Å². The van der Waals surface area contributed by atoms with Crippen molar-refractivity contribution in [2.75, 3.05) is 7.11 Å². The summed E-state index contributed by atoms with van der Waals surface area (Å²) >= 11 is 1.50. The number of para-hydroxylation sites is 1. The van der Waals surface area contributed by atoms with E-state index in [0.717, 1.165) is 27.3 Å². The Bertz CT molecular complexity index is 1130. The molecule has 0 unspecified atom stereocenters. The number of fused-ring (bicyclic) bond motifs is 1. The van der Waals surface area contributed by atoms with Crippen LogP contribution < -0.4 is 10.3 Å². The zero-order valence-corrected chi connectivity index (χ0v) is 15.4. The molecule has 4 nitrogen and oxygen atoms in total. The number of benzene rings is 2. The smallest absolute Gasteiger partial charge is 0.260 e. The second-order valence-corrected chi connectivity index (χ2v) is 7.05. The molecule has 1 N–H and O–H groups in total. The summed E-state index contributed by atoms with van der Waals surface area (Å²) in [6.45, 7) is 2.05. The third-order valence-corrected chi connectivity index (χ3v) is 5.28. The highest BCUT2D eigenvalue weighted by atomic mass is 32.1. The van der Waals surface area contributed by atoms with Gasteiger partial charge in [0.1, 0.15) is 16.4 Å². The van der Waals surface area contributed by atoms with Gasteiger partial charge in [-0.05, 0) is 18.6 Å². The Morgan fingerprint density at radius 2 is 1.88 bits per heavy atom. The van der Waals surface area contributed by atoms with Crippen LogP contribution in [0.5, 0.6) is 5.75 Å². The highest BCUT2D eigenvalue weighted by molar-refractivity contribution is 7.17. The Morgan fingerprint density at radius 3 is 2.65 bits per heavy atom. The summed E-state index contributed by atoms with van der Waals surface area (Å²) in [7, 11) is 1.64. The fourth-order valence-electron chi connectivity index (χ4n) is 3.05. The minimum absolute atomic E-state index is 0.100. The lowest BCUT2D eigenvalue weighted by atomic mass is 10.0. The van der Waals surface area contributed by atoms with E-state index < -0.39 is 0 Å². The molecule has 26 heavy (non-hydrogen) atoms. The van der Waals surface area contributed by atoms with Gasteiger partial charge in [0, 0.05) is 22.9 Å². The van der Waals surface area contributed by atoms with E-state index in [4.69, 9.17) is 4.74 Å². The van der Waals surface area contributed by atoms with Crippen molar-refractivity contribution in [3.63, 3.8) is 0 Å². The summed E-state index contributed by atoms with van der Waals surface area (Å²) in [5, 5.41) is 2.66. The molecular formula is C21H18N2O2S. The molecule has 0 bridgehead atoms. The maximum Gasteiger partial charge on any atom is 0.260 e. The van der Waals surface area contributed by atoms with Gasteiger partial charge in [0.05, 0.1) is 12.5 Å². The lowest BCUT2D eigenvalue weighted by Gasteiger charge is -2.07. The molecule has 2 aromatic carbocycles. The van der Waals surface area contributed by atoms with Gasteiger partial charge in [0.2, 0.25) is 0 Å². The van der Waals surface area contributed by atoms with Crippen LogP contribution in [-0.2, 0) is 6.42 Å². The van der Waals surface area contributed by atoms with Crippen molar-refractivity contribution < 1.29 is 4.74 Å². The summed E-state index contributed by atoms with van der Waals surface area (Å²) in [4.78, 5) is 21.1. The van der Waals surface area contributed by atoms with Gasteiger partial charge in [0.15, 0.2) is 0 Å². The zero-order chi connectivity index (χ0) is 18.1. The average molecular weight is 362 g/mol. The summed E-state index contributed by atoms with van der Waals surface area (Å²) in [6, 6.07) is 16.0. The number of aromatic amines is 1. The molecule has 0 saturated carbocycles. The van der Waals surface area contributed by atoms with Crippen molar-refractivity contribution in [1.82, 2.24) is 9.97 Å². The van der Waals surface area contributed by atoms with Gasteiger partial charge in [-0.1, -0.05) is 48.0 Å². The van der Waals surface area contributed by atoms with Crippen LogP contribution in [0.25, 0.3) is 21.3 Å². The van der Waals surface area contributed by atoms with Gasteiger partial charge >= 0.3 is 0 Å². The standard InChI is InChI=1S/C21H18N2O2S/c1-13-7-9-14(10-8-13)16-12-26-21-19(16)20(24)22-18(23-21)11-15-5-3-4-6-17(15)25-2/h3-10,12H,11H2,1-2H3,(H,22,23,24). The largest absolute Gasteiger partial charge is 0.496 e. The molecule has 0 saturated heterocycles. The van der Waals surface area contributed by atoms with Crippen LogP contribution in [0, 0.1) is 6.92 Å². The average Bonchev–Trinajstić information content (AvgIpc) is 3.07. The molecule has 0 aliphatic heterocycles. The van der Waals surface area contributed by atoms with Gasteiger partial charge in [0.25, 0.3) is 5.56 Å². The fourth-order valence-corrected chi connectivity index (χ4v) is 4.02. The van der Waals surface area contributed by atoms with Crippen molar-refractivity contribution in [2.24, 2.45) is 0 Å². The predicted molar refractivity (Wildman–Crippen MR) is 106 cm³/mol. The third-order valence-electron chi connectivity index (χ3n) is 4.41. The summed E-state index contributed by atoms with van der Waals surface area (Å²) in [5.74, 6) is 1.44. The number of rotatable bonds is 4. The maximum absolute atomic E-state index is 12.7. The number of methoxy groups -OCH3 is 1. The first-order valence-electron chi connectivity index (χ1n) is 8.35. The second kappa shape index (κ2) is 6.77. The van der Waals surface area contributed by atoms with E-state index in [0.29, 0.717) is 17.6 Å². The zero-order valence-electron chi connectivity index (χ0n) is 14.6. The molecule has 0 aliphatic rings. The van der Waals surface area contributed by atoms with Crippen molar-refractivity contribution >= 4 is 21.6 Å². The predicted octanol–water partition coefficient (Wildman–Crippen LogP) is 4.56.